The summed E-state index contributed by atoms with van der Waals surface area (Å²) in [5, 5.41) is 0. The van der Waals surface area contributed by atoms with Crippen LogP contribution in [0.1, 0.15) is 41.6 Å². The van der Waals surface area contributed by atoms with E-state index in [9.17, 15) is 0 Å². The molecule has 0 saturated heterocycles. The Morgan fingerprint density at radius 3 is 2.77 bits per heavy atom. The summed E-state index contributed by atoms with van der Waals surface area (Å²) in [7, 11) is 2.07. The van der Waals surface area contributed by atoms with E-state index in [2.05, 4.69) is 60.0 Å². The quantitative estimate of drug-likeness (QED) is 0.871. The fourth-order valence-corrected chi connectivity index (χ4v) is 3.53. The number of hydrogen-bond acceptors (Lipinski definition) is 1. The Kier molecular flexibility index (Phi) is 3.18. The van der Waals surface area contributed by atoms with Gasteiger partial charge in [0.2, 0.25) is 0 Å². The van der Waals surface area contributed by atoms with E-state index in [1.54, 1.807) is 0 Å². The molecule has 0 amide bonds. The Labute approximate surface area is 132 Å². The van der Waals surface area contributed by atoms with E-state index in [-0.39, 0.29) is 0 Å². The molecule has 0 bridgehead atoms. The van der Waals surface area contributed by atoms with E-state index in [0.717, 1.165) is 17.3 Å². The van der Waals surface area contributed by atoms with Crippen LogP contribution in [0.2, 0.25) is 0 Å². The molecule has 1 saturated carbocycles. The smallest absolute Gasteiger partial charge is 0.0695 e. The first-order valence-corrected chi connectivity index (χ1v) is 8.14. The number of H-pyrrole nitrogens is 1. The molecule has 1 aromatic heterocycles. The molecule has 2 aromatic rings. The summed E-state index contributed by atoms with van der Waals surface area (Å²) < 4.78 is 0. The number of fused-ring (bicyclic) bond motifs is 1. The van der Waals surface area contributed by atoms with Crippen LogP contribution in [0, 0.1) is 5.92 Å². The normalized spacial score (nSPS) is 18.0. The maximum Gasteiger partial charge on any atom is 0.0695 e. The van der Waals surface area contributed by atoms with Gasteiger partial charge in [0.1, 0.15) is 0 Å². The number of aromatic amines is 1. The summed E-state index contributed by atoms with van der Waals surface area (Å²) in [6, 6.07) is 11.0. The molecule has 1 aromatic carbocycles. The number of aromatic nitrogens is 1. The van der Waals surface area contributed by atoms with E-state index in [1.807, 2.05) is 6.20 Å². The second-order valence-corrected chi connectivity index (χ2v) is 6.52. The second-order valence-electron chi connectivity index (χ2n) is 6.52. The van der Waals surface area contributed by atoms with E-state index in [1.165, 1.54) is 47.9 Å². The first-order valence-electron chi connectivity index (χ1n) is 8.14. The van der Waals surface area contributed by atoms with Crippen LogP contribution in [0.3, 0.4) is 0 Å². The molecule has 1 aliphatic carbocycles. The van der Waals surface area contributed by atoms with Crippen LogP contribution < -0.4 is 0 Å². The van der Waals surface area contributed by atoms with Gasteiger partial charge in [-0.3, -0.25) is 0 Å². The Morgan fingerprint density at radius 1 is 1.18 bits per heavy atom. The SMILES string of the molecule is C=C1c2[nH]ccc2C(c2ccccc2CC2CCC2)=CN1C. The molecule has 1 aliphatic heterocycles. The van der Waals surface area contributed by atoms with Gasteiger partial charge in [-0.15, -0.1) is 0 Å². The number of benzene rings is 1. The van der Waals surface area contributed by atoms with Gasteiger partial charge in [0, 0.05) is 30.6 Å². The van der Waals surface area contributed by atoms with Gasteiger partial charge in [-0.05, 0) is 29.5 Å². The molecular weight excluding hydrogens is 268 g/mol. The lowest BCUT2D eigenvalue weighted by molar-refractivity contribution is 0.314. The predicted molar refractivity (Wildman–Crippen MR) is 92.2 cm³/mol. The van der Waals surface area contributed by atoms with Gasteiger partial charge in [-0.2, -0.15) is 0 Å². The monoisotopic (exact) mass is 290 g/mol. The lowest BCUT2D eigenvalue weighted by atomic mass is 9.79. The Morgan fingerprint density at radius 2 is 2.00 bits per heavy atom. The van der Waals surface area contributed by atoms with Crippen LogP contribution in [-0.2, 0) is 6.42 Å². The van der Waals surface area contributed by atoms with Crippen molar-refractivity contribution < 1.29 is 0 Å². The molecule has 112 valence electrons. The van der Waals surface area contributed by atoms with Gasteiger partial charge in [-0.25, -0.2) is 0 Å². The maximum absolute atomic E-state index is 4.18. The molecule has 4 rings (SSSR count). The van der Waals surface area contributed by atoms with Crippen LogP contribution in [0.25, 0.3) is 11.3 Å². The Balaban J connectivity index is 1.78. The number of hydrogen-bond donors (Lipinski definition) is 1. The molecule has 2 heterocycles. The molecule has 2 aliphatic rings. The highest BCUT2D eigenvalue weighted by atomic mass is 15.1. The zero-order valence-corrected chi connectivity index (χ0v) is 13.1. The zero-order chi connectivity index (χ0) is 15.1. The standard InChI is InChI=1S/C20H22N2/c1-14-20-18(10-11-21-20)19(13-22(14)2)17-9-4-3-8-16(17)12-15-6-5-7-15/h3-4,8-11,13,15,21H,1,5-7,12H2,2H3. The van der Waals surface area contributed by atoms with E-state index >= 15 is 0 Å². The van der Waals surface area contributed by atoms with Crippen LogP contribution in [-0.4, -0.2) is 16.9 Å². The van der Waals surface area contributed by atoms with Gasteiger partial charge in [0.15, 0.2) is 0 Å². The minimum Gasteiger partial charge on any atom is -0.359 e. The fraction of sp³-hybridized carbons (Fsp3) is 0.300. The van der Waals surface area contributed by atoms with E-state index in [4.69, 9.17) is 0 Å². The fourth-order valence-electron chi connectivity index (χ4n) is 3.53. The highest BCUT2D eigenvalue weighted by molar-refractivity contribution is 5.89. The van der Waals surface area contributed by atoms with E-state index < -0.39 is 0 Å². The third-order valence-electron chi connectivity index (χ3n) is 5.12. The molecular formula is C20H22N2. The van der Waals surface area contributed by atoms with Gasteiger partial charge < -0.3 is 9.88 Å². The van der Waals surface area contributed by atoms with Crippen molar-refractivity contribution in [2.24, 2.45) is 5.92 Å². The van der Waals surface area contributed by atoms with E-state index in [0.29, 0.717) is 0 Å². The lowest BCUT2D eigenvalue weighted by Gasteiger charge is -2.29. The van der Waals surface area contributed by atoms with Crippen LogP contribution in [0.4, 0.5) is 0 Å². The molecule has 0 spiro atoms. The largest absolute Gasteiger partial charge is 0.359 e. The van der Waals surface area contributed by atoms with Crippen molar-refractivity contribution in [3.63, 3.8) is 0 Å². The van der Waals surface area contributed by atoms with Crippen molar-refractivity contribution in [3.05, 3.63) is 71.7 Å². The molecule has 2 heteroatoms. The molecule has 1 N–H and O–H groups in total. The van der Waals surface area contributed by atoms with Crippen molar-refractivity contribution >= 4 is 11.3 Å². The molecule has 1 fully saturated rings. The van der Waals surface area contributed by atoms with Crippen LogP contribution >= 0.6 is 0 Å². The molecule has 2 nitrogen and oxygen atoms in total. The highest BCUT2D eigenvalue weighted by Gasteiger charge is 2.24. The third kappa shape index (κ3) is 2.10. The van der Waals surface area contributed by atoms with Crippen molar-refractivity contribution in [3.8, 4) is 0 Å². The number of rotatable bonds is 3. The minimum atomic E-state index is 0.878. The summed E-state index contributed by atoms with van der Waals surface area (Å²) >= 11 is 0. The minimum absolute atomic E-state index is 0.878. The Bertz CT molecular complexity index is 747. The first kappa shape index (κ1) is 13.4. The average Bonchev–Trinajstić information content (AvgIpc) is 2.97. The molecule has 0 radical (unpaired) electrons. The topological polar surface area (TPSA) is 19.0 Å². The Hall–Kier alpha value is -2.22. The number of nitrogens with one attached hydrogen (secondary N) is 1. The summed E-state index contributed by atoms with van der Waals surface area (Å²) in [5.74, 6) is 0.878. The summed E-state index contributed by atoms with van der Waals surface area (Å²) in [6.07, 6.45) is 9.62. The van der Waals surface area contributed by atoms with Gasteiger partial charge in [0.05, 0.1) is 11.4 Å². The van der Waals surface area contributed by atoms with Crippen molar-refractivity contribution in [2.45, 2.75) is 25.7 Å². The summed E-state index contributed by atoms with van der Waals surface area (Å²) in [4.78, 5) is 5.46. The summed E-state index contributed by atoms with van der Waals surface area (Å²) in [5.41, 5.74) is 7.59. The average molecular weight is 290 g/mol. The second kappa shape index (κ2) is 5.20. The highest BCUT2D eigenvalue weighted by Crippen LogP contribution is 2.38. The first-order chi connectivity index (χ1) is 10.7. The molecule has 22 heavy (non-hydrogen) atoms. The van der Waals surface area contributed by atoms with Gasteiger partial charge in [0.25, 0.3) is 0 Å². The molecule has 0 atom stereocenters. The van der Waals surface area contributed by atoms with Crippen molar-refractivity contribution in [1.82, 2.24) is 9.88 Å². The number of nitrogens with zero attached hydrogens (tertiary/aromatic N) is 1. The predicted octanol–water partition coefficient (Wildman–Crippen LogP) is 4.66. The zero-order valence-electron chi connectivity index (χ0n) is 13.1. The van der Waals surface area contributed by atoms with Crippen LogP contribution in [0.15, 0.2) is 49.3 Å². The third-order valence-corrected chi connectivity index (χ3v) is 5.12. The lowest BCUT2D eigenvalue weighted by Crippen LogP contribution is -2.17. The van der Waals surface area contributed by atoms with Gasteiger partial charge in [-0.1, -0.05) is 50.1 Å². The van der Waals surface area contributed by atoms with Gasteiger partial charge >= 0.3 is 0 Å². The van der Waals surface area contributed by atoms with Crippen molar-refractivity contribution in [1.29, 1.82) is 0 Å². The van der Waals surface area contributed by atoms with Crippen molar-refractivity contribution in [2.75, 3.05) is 7.05 Å². The summed E-state index contributed by atoms with van der Waals surface area (Å²) in [6.45, 7) is 4.18. The molecule has 0 unspecified atom stereocenters. The maximum atomic E-state index is 4.18. The van der Waals surface area contributed by atoms with Crippen LogP contribution in [0.5, 0.6) is 0 Å².